The number of hydrogen-bond donors (Lipinski definition) is 1. The molecule has 84 valence electrons. The number of rotatable bonds is 5. The van der Waals surface area contributed by atoms with Gasteiger partial charge in [-0.2, -0.15) is 0 Å². The molecule has 0 saturated heterocycles. The highest BCUT2D eigenvalue weighted by atomic mass is 16.5. The lowest BCUT2D eigenvalue weighted by molar-refractivity contribution is 0.209. The van der Waals surface area contributed by atoms with Crippen molar-refractivity contribution in [3.8, 4) is 5.75 Å². The van der Waals surface area contributed by atoms with Crippen LogP contribution in [0.2, 0.25) is 0 Å². The van der Waals surface area contributed by atoms with E-state index in [0.717, 1.165) is 24.2 Å². The molecular weight excluding hydrogens is 186 g/mol. The Balaban J connectivity index is 2.65. The van der Waals surface area contributed by atoms with Crippen molar-refractivity contribution in [2.45, 2.75) is 45.8 Å². The fourth-order valence-electron chi connectivity index (χ4n) is 1.57. The van der Waals surface area contributed by atoms with E-state index in [1.54, 1.807) is 0 Å². The maximum atomic E-state index is 5.82. The largest absolute Gasteiger partial charge is 0.491 e. The molecule has 0 aliphatic heterocycles. The first kappa shape index (κ1) is 12.1. The van der Waals surface area contributed by atoms with Crippen LogP contribution >= 0.6 is 0 Å². The third-order valence-corrected chi connectivity index (χ3v) is 2.42. The summed E-state index contributed by atoms with van der Waals surface area (Å²) in [6.45, 7) is 6.24. The van der Waals surface area contributed by atoms with Gasteiger partial charge >= 0.3 is 0 Å². The summed E-state index contributed by atoms with van der Waals surface area (Å²) in [6.07, 6.45) is 2.51. The van der Waals surface area contributed by atoms with Gasteiger partial charge < -0.3 is 10.5 Å². The highest BCUT2D eigenvalue weighted by Crippen LogP contribution is 2.19. The fraction of sp³-hybridized carbons (Fsp3) is 0.538. The van der Waals surface area contributed by atoms with E-state index in [2.05, 4.69) is 13.8 Å². The summed E-state index contributed by atoms with van der Waals surface area (Å²) in [4.78, 5) is 0. The SMILES string of the molecule is CCCC(C)Oc1cccc([C@@H](C)N)c1. The molecule has 1 unspecified atom stereocenters. The van der Waals surface area contributed by atoms with Gasteiger partial charge in [0.15, 0.2) is 0 Å². The molecule has 0 spiro atoms. The van der Waals surface area contributed by atoms with Crippen LogP contribution in [0.4, 0.5) is 0 Å². The highest BCUT2D eigenvalue weighted by molar-refractivity contribution is 5.30. The standard InChI is InChI=1S/C13H21NO/c1-4-6-10(2)15-13-8-5-7-12(9-13)11(3)14/h5,7-11H,4,6,14H2,1-3H3/t10?,11-/m1/s1. The molecule has 0 radical (unpaired) electrons. The van der Waals surface area contributed by atoms with E-state index in [0.29, 0.717) is 0 Å². The maximum Gasteiger partial charge on any atom is 0.120 e. The third-order valence-electron chi connectivity index (χ3n) is 2.42. The molecule has 15 heavy (non-hydrogen) atoms. The highest BCUT2D eigenvalue weighted by Gasteiger charge is 2.04. The van der Waals surface area contributed by atoms with Gasteiger partial charge in [0, 0.05) is 6.04 Å². The zero-order valence-electron chi connectivity index (χ0n) is 9.86. The van der Waals surface area contributed by atoms with E-state index in [9.17, 15) is 0 Å². The van der Waals surface area contributed by atoms with Gasteiger partial charge in [-0.3, -0.25) is 0 Å². The van der Waals surface area contributed by atoms with Crippen LogP contribution in [0.5, 0.6) is 5.75 Å². The van der Waals surface area contributed by atoms with Gasteiger partial charge in [0.05, 0.1) is 6.10 Å². The van der Waals surface area contributed by atoms with Crippen molar-refractivity contribution in [1.82, 2.24) is 0 Å². The Bertz CT molecular complexity index is 296. The zero-order chi connectivity index (χ0) is 11.3. The Hall–Kier alpha value is -1.02. The van der Waals surface area contributed by atoms with Crippen molar-refractivity contribution in [2.75, 3.05) is 0 Å². The Morgan fingerprint density at radius 2 is 2.07 bits per heavy atom. The molecule has 0 aliphatic rings. The summed E-state index contributed by atoms with van der Waals surface area (Å²) < 4.78 is 5.79. The summed E-state index contributed by atoms with van der Waals surface area (Å²) in [5, 5.41) is 0. The molecule has 1 aromatic rings. The zero-order valence-corrected chi connectivity index (χ0v) is 9.86. The predicted octanol–water partition coefficient (Wildman–Crippen LogP) is 3.27. The van der Waals surface area contributed by atoms with Gasteiger partial charge in [-0.25, -0.2) is 0 Å². The monoisotopic (exact) mass is 207 g/mol. The molecule has 0 saturated carbocycles. The summed E-state index contributed by atoms with van der Waals surface area (Å²) in [5.41, 5.74) is 6.94. The molecule has 2 nitrogen and oxygen atoms in total. The molecule has 2 N–H and O–H groups in total. The van der Waals surface area contributed by atoms with Crippen LogP contribution < -0.4 is 10.5 Å². The Kier molecular flexibility index (Phi) is 4.63. The van der Waals surface area contributed by atoms with Crippen LogP contribution in [-0.2, 0) is 0 Å². The molecule has 1 rings (SSSR count). The van der Waals surface area contributed by atoms with E-state index in [1.165, 1.54) is 0 Å². The van der Waals surface area contributed by atoms with Crippen LogP contribution in [0, 0.1) is 0 Å². The van der Waals surface area contributed by atoms with Crippen LogP contribution in [0.1, 0.15) is 45.2 Å². The van der Waals surface area contributed by atoms with Gasteiger partial charge in [0.25, 0.3) is 0 Å². The van der Waals surface area contributed by atoms with Gasteiger partial charge in [-0.1, -0.05) is 25.5 Å². The topological polar surface area (TPSA) is 35.2 Å². The number of ether oxygens (including phenoxy) is 1. The second-order valence-corrected chi connectivity index (χ2v) is 4.08. The van der Waals surface area contributed by atoms with Crippen molar-refractivity contribution in [2.24, 2.45) is 5.73 Å². The Morgan fingerprint density at radius 3 is 2.67 bits per heavy atom. The first-order valence-corrected chi connectivity index (χ1v) is 5.65. The minimum Gasteiger partial charge on any atom is -0.491 e. The first-order chi connectivity index (χ1) is 7.13. The van der Waals surface area contributed by atoms with Crippen molar-refractivity contribution < 1.29 is 4.74 Å². The van der Waals surface area contributed by atoms with E-state index in [-0.39, 0.29) is 12.1 Å². The van der Waals surface area contributed by atoms with Gasteiger partial charge in [0.1, 0.15) is 5.75 Å². The van der Waals surface area contributed by atoms with Crippen molar-refractivity contribution >= 4 is 0 Å². The summed E-state index contributed by atoms with van der Waals surface area (Å²) in [7, 11) is 0. The van der Waals surface area contributed by atoms with Crippen LogP contribution in [0.25, 0.3) is 0 Å². The average molecular weight is 207 g/mol. The molecule has 2 atom stereocenters. The van der Waals surface area contributed by atoms with E-state index in [4.69, 9.17) is 10.5 Å². The van der Waals surface area contributed by atoms with E-state index >= 15 is 0 Å². The third kappa shape index (κ3) is 3.92. The van der Waals surface area contributed by atoms with Crippen LogP contribution in [0.15, 0.2) is 24.3 Å². The molecule has 2 heteroatoms. The summed E-state index contributed by atoms with van der Waals surface area (Å²) in [6, 6.07) is 8.10. The van der Waals surface area contributed by atoms with Crippen LogP contribution in [0.3, 0.4) is 0 Å². The second-order valence-electron chi connectivity index (χ2n) is 4.08. The minimum absolute atomic E-state index is 0.0648. The van der Waals surface area contributed by atoms with Gasteiger partial charge in [-0.15, -0.1) is 0 Å². The molecule has 0 aliphatic carbocycles. The van der Waals surface area contributed by atoms with E-state index < -0.39 is 0 Å². The lowest BCUT2D eigenvalue weighted by atomic mass is 10.1. The quantitative estimate of drug-likeness (QED) is 0.804. The molecule has 0 amide bonds. The minimum atomic E-state index is 0.0648. The number of benzene rings is 1. The van der Waals surface area contributed by atoms with Gasteiger partial charge in [-0.05, 0) is 38.0 Å². The lowest BCUT2D eigenvalue weighted by Gasteiger charge is -2.15. The summed E-state index contributed by atoms with van der Waals surface area (Å²) >= 11 is 0. The Morgan fingerprint density at radius 1 is 1.33 bits per heavy atom. The predicted molar refractivity (Wildman–Crippen MR) is 64.0 cm³/mol. The average Bonchev–Trinajstić information content (AvgIpc) is 2.18. The number of hydrogen-bond acceptors (Lipinski definition) is 2. The van der Waals surface area contributed by atoms with Crippen molar-refractivity contribution in [1.29, 1.82) is 0 Å². The molecule has 0 heterocycles. The van der Waals surface area contributed by atoms with Gasteiger partial charge in [0.2, 0.25) is 0 Å². The second kappa shape index (κ2) is 5.76. The molecule has 1 aromatic carbocycles. The molecular formula is C13H21NO. The smallest absolute Gasteiger partial charge is 0.120 e. The van der Waals surface area contributed by atoms with E-state index in [1.807, 2.05) is 31.2 Å². The first-order valence-electron chi connectivity index (χ1n) is 5.65. The number of nitrogens with two attached hydrogens (primary N) is 1. The lowest BCUT2D eigenvalue weighted by Crippen LogP contribution is -2.11. The normalized spacial score (nSPS) is 14.7. The molecule has 0 aromatic heterocycles. The molecule has 0 fully saturated rings. The van der Waals surface area contributed by atoms with Crippen LogP contribution in [-0.4, -0.2) is 6.10 Å². The fourth-order valence-corrected chi connectivity index (χ4v) is 1.57. The van der Waals surface area contributed by atoms with Crippen molar-refractivity contribution in [3.05, 3.63) is 29.8 Å². The maximum absolute atomic E-state index is 5.82. The molecule has 0 bridgehead atoms. The Labute approximate surface area is 92.4 Å². The van der Waals surface area contributed by atoms with Crippen molar-refractivity contribution in [3.63, 3.8) is 0 Å². The summed E-state index contributed by atoms with van der Waals surface area (Å²) in [5.74, 6) is 0.922.